The SMILES string of the molecule is C[N+]1(CCOS(=O)C23CC4CC(CC(C4)C2)C3)CCOCC1.[I-]. The van der Waals surface area contributed by atoms with Crippen molar-refractivity contribution in [3.63, 3.8) is 0 Å². The molecule has 0 radical (unpaired) electrons. The predicted molar refractivity (Wildman–Crippen MR) is 86.6 cm³/mol. The van der Waals surface area contributed by atoms with Crippen molar-refractivity contribution < 1.29 is 41.6 Å². The van der Waals surface area contributed by atoms with Gasteiger partial charge in [-0.05, 0) is 56.3 Å². The van der Waals surface area contributed by atoms with Crippen molar-refractivity contribution in [3.8, 4) is 0 Å². The molecule has 134 valence electrons. The highest BCUT2D eigenvalue weighted by molar-refractivity contribution is 7.81. The minimum Gasteiger partial charge on any atom is -1.00 e. The van der Waals surface area contributed by atoms with Crippen molar-refractivity contribution in [3.05, 3.63) is 0 Å². The van der Waals surface area contributed by atoms with Crippen LogP contribution in [0.2, 0.25) is 0 Å². The zero-order valence-corrected chi connectivity index (χ0v) is 17.1. The quantitative estimate of drug-likeness (QED) is 0.399. The van der Waals surface area contributed by atoms with E-state index in [1.807, 2.05) is 0 Å². The molecule has 4 nitrogen and oxygen atoms in total. The van der Waals surface area contributed by atoms with Crippen molar-refractivity contribution in [2.45, 2.75) is 43.3 Å². The van der Waals surface area contributed by atoms with Gasteiger partial charge in [-0.2, -0.15) is 0 Å². The van der Waals surface area contributed by atoms with Gasteiger partial charge in [0.05, 0.1) is 25.0 Å². The lowest BCUT2D eigenvalue weighted by Crippen LogP contribution is -3.00. The topological polar surface area (TPSA) is 35.5 Å². The molecule has 0 aromatic heterocycles. The largest absolute Gasteiger partial charge is 1.00 e. The minimum atomic E-state index is -1.09. The highest BCUT2D eigenvalue weighted by Gasteiger charge is 2.54. The molecule has 4 saturated carbocycles. The molecule has 5 fully saturated rings. The zero-order valence-electron chi connectivity index (χ0n) is 14.2. The van der Waals surface area contributed by atoms with Gasteiger partial charge < -0.3 is 33.2 Å². The fraction of sp³-hybridized carbons (Fsp3) is 1.00. The van der Waals surface area contributed by atoms with E-state index in [0.717, 1.165) is 74.3 Å². The molecule has 4 bridgehead atoms. The van der Waals surface area contributed by atoms with Crippen LogP contribution in [0.25, 0.3) is 0 Å². The first-order valence-corrected chi connectivity index (χ1v) is 10.1. The Kier molecular flexibility index (Phi) is 5.78. The third kappa shape index (κ3) is 3.81. The van der Waals surface area contributed by atoms with Gasteiger partial charge in [-0.3, -0.25) is 4.18 Å². The normalized spacial score (nSPS) is 42.2. The first kappa shape index (κ1) is 18.5. The van der Waals surface area contributed by atoms with Gasteiger partial charge in [0.25, 0.3) is 0 Å². The maximum Gasteiger partial charge on any atom is 0.162 e. The number of ether oxygens (including phenoxy) is 1. The van der Waals surface area contributed by atoms with Crippen LogP contribution < -0.4 is 24.0 Å². The maximum absolute atomic E-state index is 12.9. The number of rotatable bonds is 5. The molecule has 4 aliphatic carbocycles. The van der Waals surface area contributed by atoms with Crippen LogP contribution in [-0.2, 0) is 20.0 Å². The van der Waals surface area contributed by atoms with Gasteiger partial charge in [0, 0.05) is 0 Å². The third-order valence-electron chi connectivity index (χ3n) is 6.71. The summed E-state index contributed by atoms with van der Waals surface area (Å²) in [4.78, 5) is 0. The van der Waals surface area contributed by atoms with Gasteiger partial charge in [0.2, 0.25) is 0 Å². The number of nitrogens with zero attached hydrogens (tertiary/aromatic N) is 1. The smallest absolute Gasteiger partial charge is 0.162 e. The summed E-state index contributed by atoms with van der Waals surface area (Å²) in [7, 11) is 2.26. The van der Waals surface area contributed by atoms with Crippen LogP contribution in [0.15, 0.2) is 0 Å². The van der Waals surface area contributed by atoms with Crippen LogP contribution in [-0.4, -0.2) is 59.9 Å². The highest BCUT2D eigenvalue weighted by Crippen LogP contribution is 2.58. The first-order chi connectivity index (χ1) is 10.6. The molecule has 1 atom stereocenters. The number of hydrogen-bond acceptors (Lipinski definition) is 3. The monoisotopic (exact) mass is 455 g/mol. The lowest BCUT2D eigenvalue weighted by Gasteiger charge is -2.55. The fourth-order valence-electron chi connectivity index (χ4n) is 5.70. The average molecular weight is 455 g/mol. The molecule has 5 aliphatic rings. The Morgan fingerprint density at radius 3 is 2.13 bits per heavy atom. The summed E-state index contributed by atoms with van der Waals surface area (Å²) in [5.41, 5.74) is 0. The molecule has 5 rings (SSSR count). The highest BCUT2D eigenvalue weighted by atomic mass is 127. The zero-order chi connectivity index (χ0) is 15.2. The summed E-state index contributed by atoms with van der Waals surface area (Å²) in [5, 5.41) is 0. The van der Waals surface area contributed by atoms with E-state index in [1.165, 1.54) is 19.3 Å². The Balaban J connectivity index is 0.00000156. The summed E-state index contributed by atoms with van der Waals surface area (Å²) in [5.74, 6) is 2.51. The molecular weight excluding hydrogens is 425 g/mol. The standard InChI is InChI=1S/C17H30NO3S.HI/c1-18(2-5-20-6-3-18)4-7-21-22(19)17-11-14-8-15(12-17)10-16(9-14)13-17;/h14-16H,2-13H2,1H3;1H/q+1;/p-1. The van der Waals surface area contributed by atoms with Crippen LogP contribution in [0.5, 0.6) is 0 Å². The Morgan fingerprint density at radius 1 is 1.09 bits per heavy atom. The third-order valence-corrected chi connectivity index (χ3v) is 8.30. The van der Waals surface area contributed by atoms with Crippen LogP contribution in [0, 0.1) is 17.8 Å². The van der Waals surface area contributed by atoms with E-state index in [1.54, 1.807) is 0 Å². The Morgan fingerprint density at radius 2 is 1.61 bits per heavy atom. The summed E-state index contributed by atoms with van der Waals surface area (Å²) in [6.45, 7) is 5.37. The molecule has 23 heavy (non-hydrogen) atoms. The van der Waals surface area contributed by atoms with Crippen molar-refractivity contribution in [1.82, 2.24) is 0 Å². The first-order valence-electron chi connectivity index (χ1n) is 9.03. The molecule has 1 aliphatic heterocycles. The summed E-state index contributed by atoms with van der Waals surface area (Å²) >= 11 is -1.09. The van der Waals surface area contributed by atoms with Crippen molar-refractivity contribution in [1.29, 1.82) is 0 Å². The molecule has 1 saturated heterocycles. The van der Waals surface area contributed by atoms with Gasteiger partial charge >= 0.3 is 0 Å². The molecule has 0 N–H and O–H groups in total. The molecule has 0 spiro atoms. The van der Waals surface area contributed by atoms with Gasteiger partial charge in [0.15, 0.2) is 11.1 Å². The Hall–Kier alpha value is 0.760. The lowest BCUT2D eigenvalue weighted by molar-refractivity contribution is -0.916. The van der Waals surface area contributed by atoms with Crippen molar-refractivity contribution in [2.75, 3.05) is 46.5 Å². The lowest BCUT2D eigenvalue weighted by atomic mass is 9.56. The van der Waals surface area contributed by atoms with E-state index >= 15 is 0 Å². The van der Waals surface area contributed by atoms with E-state index in [0.29, 0.717) is 6.61 Å². The summed E-state index contributed by atoms with van der Waals surface area (Å²) in [6.07, 6.45) is 7.66. The van der Waals surface area contributed by atoms with E-state index in [-0.39, 0.29) is 28.7 Å². The molecule has 0 amide bonds. The second-order valence-electron chi connectivity index (χ2n) is 8.56. The second kappa shape index (κ2) is 7.17. The fourth-order valence-corrected chi connectivity index (χ4v) is 7.29. The van der Waals surface area contributed by atoms with Gasteiger partial charge in [-0.25, -0.2) is 4.21 Å². The van der Waals surface area contributed by atoms with Gasteiger partial charge in [-0.1, -0.05) is 0 Å². The summed E-state index contributed by atoms with van der Waals surface area (Å²) in [6, 6.07) is 0. The molecular formula is C17H30INO3S. The number of quaternary nitrogens is 1. The van der Waals surface area contributed by atoms with E-state index < -0.39 is 11.1 Å². The summed E-state index contributed by atoms with van der Waals surface area (Å²) < 4.78 is 25.3. The minimum absolute atomic E-state index is 0. The molecule has 0 aromatic carbocycles. The van der Waals surface area contributed by atoms with Crippen LogP contribution >= 0.6 is 0 Å². The Bertz CT molecular complexity index is 418. The van der Waals surface area contributed by atoms with Crippen LogP contribution in [0.1, 0.15) is 38.5 Å². The van der Waals surface area contributed by atoms with Gasteiger partial charge in [-0.15, -0.1) is 0 Å². The predicted octanol–water partition coefficient (Wildman–Crippen LogP) is -0.884. The second-order valence-corrected chi connectivity index (χ2v) is 10.1. The molecule has 6 heteroatoms. The van der Waals surface area contributed by atoms with E-state index in [4.69, 9.17) is 8.92 Å². The number of likely N-dealkylation sites (N-methyl/N-ethyl adjacent to an activating group) is 1. The molecule has 0 aromatic rings. The molecule has 1 unspecified atom stereocenters. The van der Waals surface area contributed by atoms with Crippen LogP contribution in [0.4, 0.5) is 0 Å². The average Bonchev–Trinajstić information content (AvgIpc) is 2.46. The number of hydrogen-bond donors (Lipinski definition) is 0. The van der Waals surface area contributed by atoms with E-state index in [9.17, 15) is 4.21 Å². The van der Waals surface area contributed by atoms with Crippen molar-refractivity contribution >= 4 is 11.1 Å². The Labute approximate surface area is 159 Å². The van der Waals surface area contributed by atoms with E-state index in [2.05, 4.69) is 7.05 Å². The van der Waals surface area contributed by atoms with Gasteiger partial charge in [0.1, 0.15) is 26.2 Å². The number of morpholine rings is 1. The van der Waals surface area contributed by atoms with Crippen molar-refractivity contribution in [2.24, 2.45) is 17.8 Å². The number of halogens is 1. The maximum atomic E-state index is 12.9. The molecule has 1 heterocycles. The van der Waals surface area contributed by atoms with Crippen LogP contribution in [0.3, 0.4) is 0 Å².